The number of para-hydroxylation sites is 2. The maximum Gasteiger partial charge on any atom is 0.340 e. The summed E-state index contributed by atoms with van der Waals surface area (Å²) in [5.41, 5.74) is 12.6. The van der Waals surface area contributed by atoms with E-state index in [9.17, 15) is 9.59 Å². The Morgan fingerprint density at radius 3 is 1.42 bits per heavy atom. The third kappa shape index (κ3) is 5.17. The van der Waals surface area contributed by atoms with Crippen molar-refractivity contribution in [2.24, 2.45) is 0 Å². The van der Waals surface area contributed by atoms with E-state index in [1.165, 1.54) is 0 Å². The minimum absolute atomic E-state index is 0.0638. The molecule has 0 aliphatic heterocycles. The molecular weight excluding hydrogens is 308 g/mol. The van der Waals surface area contributed by atoms with Crippen molar-refractivity contribution >= 4 is 23.3 Å². The summed E-state index contributed by atoms with van der Waals surface area (Å²) in [6.45, 7) is 5.87. The molecule has 0 saturated carbocycles. The van der Waals surface area contributed by atoms with Crippen LogP contribution >= 0.6 is 0 Å². The molecule has 0 atom stereocenters. The van der Waals surface area contributed by atoms with Gasteiger partial charge in [-0.1, -0.05) is 24.3 Å². The number of carbonyl (C=O) groups excluding carboxylic acids is 2. The standard InChI is InChI=1S/C16H16N2O4.C2H4/c17-13-7-3-1-5-11(13)15(19)21-9-10-22-16(20)12-6-2-4-8-14(12)18;1-2/h1-8H,9-10,17-18H2;1-2H2. The van der Waals surface area contributed by atoms with Crippen LogP contribution in [0.2, 0.25) is 0 Å². The topological polar surface area (TPSA) is 105 Å². The number of anilines is 2. The van der Waals surface area contributed by atoms with E-state index in [4.69, 9.17) is 20.9 Å². The molecule has 6 nitrogen and oxygen atoms in total. The van der Waals surface area contributed by atoms with Crippen molar-refractivity contribution in [2.45, 2.75) is 0 Å². The van der Waals surface area contributed by atoms with Gasteiger partial charge < -0.3 is 20.9 Å². The van der Waals surface area contributed by atoms with E-state index >= 15 is 0 Å². The van der Waals surface area contributed by atoms with Gasteiger partial charge in [0.05, 0.1) is 11.1 Å². The number of hydrogen-bond donors (Lipinski definition) is 2. The number of nitrogen functional groups attached to an aromatic ring is 2. The van der Waals surface area contributed by atoms with E-state index in [-0.39, 0.29) is 24.3 Å². The molecule has 0 bridgehead atoms. The molecule has 0 unspecified atom stereocenters. The van der Waals surface area contributed by atoms with Gasteiger partial charge in [0.2, 0.25) is 0 Å². The molecule has 2 aromatic rings. The smallest absolute Gasteiger partial charge is 0.340 e. The number of esters is 2. The summed E-state index contributed by atoms with van der Waals surface area (Å²) in [5, 5.41) is 0. The van der Waals surface area contributed by atoms with Gasteiger partial charge in [0.1, 0.15) is 13.2 Å². The molecule has 0 saturated heterocycles. The van der Waals surface area contributed by atoms with Crippen molar-refractivity contribution < 1.29 is 19.1 Å². The van der Waals surface area contributed by atoms with Crippen LogP contribution < -0.4 is 11.5 Å². The fourth-order valence-corrected chi connectivity index (χ4v) is 1.79. The van der Waals surface area contributed by atoms with Crippen molar-refractivity contribution in [3.63, 3.8) is 0 Å². The van der Waals surface area contributed by atoms with Crippen LogP contribution in [0.25, 0.3) is 0 Å². The monoisotopic (exact) mass is 328 g/mol. The minimum Gasteiger partial charge on any atom is -0.458 e. The van der Waals surface area contributed by atoms with Gasteiger partial charge >= 0.3 is 11.9 Å². The Balaban J connectivity index is 0.00000139. The number of nitrogens with two attached hydrogens (primary N) is 2. The zero-order chi connectivity index (χ0) is 17.9. The molecule has 0 amide bonds. The molecule has 6 heteroatoms. The lowest BCUT2D eigenvalue weighted by atomic mass is 10.2. The third-order valence-electron chi connectivity index (χ3n) is 2.91. The molecule has 2 rings (SSSR count). The molecule has 0 aliphatic carbocycles. The molecule has 4 N–H and O–H groups in total. The Labute approximate surface area is 140 Å². The Morgan fingerprint density at radius 1 is 0.750 bits per heavy atom. The fraction of sp³-hybridized carbons (Fsp3) is 0.111. The number of hydrogen-bond acceptors (Lipinski definition) is 6. The van der Waals surface area contributed by atoms with Crippen LogP contribution in [0.3, 0.4) is 0 Å². The average molecular weight is 328 g/mol. The molecule has 24 heavy (non-hydrogen) atoms. The first-order chi connectivity index (χ1) is 11.6. The molecular formula is C18H20N2O4. The van der Waals surface area contributed by atoms with E-state index in [0.717, 1.165) is 0 Å². The van der Waals surface area contributed by atoms with Crippen LogP contribution in [0, 0.1) is 0 Å². The lowest BCUT2D eigenvalue weighted by Gasteiger charge is -2.08. The highest BCUT2D eigenvalue weighted by atomic mass is 16.6. The molecule has 2 aromatic carbocycles. The first kappa shape index (κ1) is 18.8. The maximum atomic E-state index is 11.8. The van der Waals surface area contributed by atoms with Gasteiger partial charge in [-0.15, -0.1) is 13.2 Å². The summed E-state index contributed by atoms with van der Waals surface area (Å²) in [5.74, 6) is -1.12. The van der Waals surface area contributed by atoms with Crippen molar-refractivity contribution in [2.75, 3.05) is 24.7 Å². The predicted octanol–water partition coefficient (Wildman–Crippen LogP) is 2.67. The quantitative estimate of drug-likeness (QED) is 0.378. The van der Waals surface area contributed by atoms with E-state index in [0.29, 0.717) is 11.4 Å². The normalized spacial score (nSPS) is 9.33. The van der Waals surface area contributed by atoms with Crippen LogP contribution in [0.5, 0.6) is 0 Å². The van der Waals surface area contributed by atoms with Crippen molar-refractivity contribution in [3.8, 4) is 0 Å². The summed E-state index contributed by atoms with van der Waals surface area (Å²) in [4.78, 5) is 23.5. The van der Waals surface area contributed by atoms with Gasteiger partial charge in [-0.2, -0.15) is 0 Å². The Hall–Kier alpha value is -3.28. The molecule has 126 valence electrons. The summed E-state index contributed by atoms with van der Waals surface area (Å²) in [6.07, 6.45) is 0. The zero-order valence-corrected chi connectivity index (χ0v) is 13.2. The molecule has 0 aliphatic rings. The van der Waals surface area contributed by atoms with Crippen LogP contribution in [-0.2, 0) is 9.47 Å². The van der Waals surface area contributed by atoms with Gasteiger partial charge in [0, 0.05) is 11.4 Å². The van der Waals surface area contributed by atoms with Gasteiger partial charge in [-0.3, -0.25) is 0 Å². The van der Waals surface area contributed by atoms with Crippen LogP contribution in [0.15, 0.2) is 61.7 Å². The average Bonchev–Trinajstić information content (AvgIpc) is 2.61. The van der Waals surface area contributed by atoms with E-state index in [1.807, 2.05) is 0 Å². The number of benzene rings is 2. The lowest BCUT2D eigenvalue weighted by molar-refractivity contribution is 0.0267. The molecule has 0 fully saturated rings. The number of carbonyl (C=O) groups is 2. The van der Waals surface area contributed by atoms with Gasteiger partial charge in [0.15, 0.2) is 0 Å². The van der Waals surface area contributed by atoms with Gasteiger partial charge in [-0.25, -0.2) is 9.59 Å². The highest BCUT2D eigenvalue weighted by Crippen LogP contribution is 2.13. The molecule has 0 aromatic heterocycles. The molecule has 0 heterocycles. The highest BCUT2D eigenvalue weighted by molar-refractivity contribution is 5.95. The van der Waals surface area contributed by atoms with E-state index in [1.54, 1.807) is 48.5 Å². The van der Waals surface area contributed by atoms with Crippen LogP contribution in [-0.4, -0.2) is 25.2 Å². The summed E-state index contributed by atoms with van der Waals surface area (Å²) in [7, 11) is 0. The van der Waals surface area contributed by atoms with Crippen molar-refractivity contribution in [1.82, 2.24) is 0 Å². The van der Waals surface area contributed by atoms with E-state index in [2.05, 4.69) is 13.2 Å². The van der Waals surface area contributed by atoms with Crippen molar-refractivity contribution in [1.29, 1.82) is 0 Å². The molecule has 0 radical (unpaired) electrons. The summed E-state index contributed by atoms with van der Waals surface area (Å²) < 4.78 is 10.00. The summed E-state index contributed by atoms with van der Waals surface area (Å²) >= 11 is 0. The van der Waals surface area contributed by atoms with E-state index < -0.39 is 11.9 Å². The lowest BCUT2D eigenvalue weighted by Crippen LogP contribution is -2.15. The second kappa shape index (κ2) is 9.68. The van der Waals surface area contributed by atoms with Crippen LogP contribution in [0.1, 0.15) is 20.7 Å². The second-order valence-electron chi connectivity index (χ2n) is 4.45. The Morgan fingerprint density at radius 2 is 1.08 bits per heavy atom. The first-order valence-electron chi connectivity index (χ1n) is 7.13. The maximum absolute atomic E-state index is 11.8. The van der Waals surface area contributed by atoms with Crippen LogP contribution in [0.4, 0.5) is 11.4 Å². The Kier molecular flexibility index (Phi) is 7.57. The highest BCUT2D eigenvalue weighted by Gasteiger charge is 2.12. The largest absolute Gasteiger partial charge is 0.458 e. The van der Waals surface area contributed by atoms with Gasteiger partial charge in [0.25, 0.3) is 0 Å². The number of rotatable bonds is 5. The van der Waals surface area contributed by atoms with Crippen molar-refractivity contribution in [3.05, 3.63) is 72.8 Å². The Bertz CT molecular complexity index is 641. The van der Waals surface area contributed by atoms with Gasteiger partial charge in [-0.05, 0) is 24.3 Å². The first-order valence-corrected chi connectivity index (χ1v) is 7.13. The predicted molar refractivity (Wildman–Crippen MR) is 93.5 cm³/mol. The third-order valence-corrected chi connectivity index (χ3v) is 2.91. The second-order valence-corrected chi connectivity index (χ2v) is 4.45. The zero-order valence-electron chi connectivity index (χ0n) is 13.2. The minimum atomic E-state index is -0.562. The number of ether oxygens (including phenoxy) is 2. The molecule has 0 spiro atoms. The SMILES string of the molecule is C=C.Nc1ccccc1C(=O)OCCOC(=O)c1ccccc1N. The summed E-state index contributed by atoms with van der Waals surface area (Å²) in [6, 6.07) is 13.2. The fourth-order valence-electron chi connectivity index (χ4n) is 1.79.